The third-order valence-corrected chi connectivity index (χ3v) is 2.96. The van der Waals surface area contributed by atoms with Gasteiger partial charge in [-0.1, -0.05) is 13.8 Å². The maximum atomic E-state index is 11.5. The summed E-state index contributed by atoms with van der Waals surface area (Å²) in [7, 11) is 0. The zero-order valence-corrected chi connectivity index (χ0v) is 10.0. The van der Waals surface area contributed by atoms with E-state index in [1.807, 2.05) is 13.8 Å². The first-order valence-electron chi connectivity index (χ1n) is 5.98. The molecule has 1 fully saturated rings. The van der Waals surface area contributed by atoms with Crippen LogP contribution in [0.2, 0.25) is 0 Å². The van der Waals surface area contributed by atoms with Crippen LogP contribution >= 0.6 is 0 Å². The number of hydrogen-bond donors (Lipinski definition) is 2. The molecule has 92 valence electrons. The summed E-state index contributed by atoms with van der Waals surface area (Å²) in [5.74, 6) is -0.0341. The van der Waals surface area contributed by atoms with Crippen LogP contribution in [0.15, 0.2) is 0 Å². The van der Waals surface area contributed by atoms with Crippen molar-refractivity contribution in [1.82, 2.24) is 5.32 Å². The van der Waals surface area contributed by atoms with Gasteiger partial charge in [0.2, 0.25) is 5.91 Å². The molecule has 0 saturated heterocycles. The van der Waals surface area contributed by atoms with Gasteiger partial charge in [0.15, 0.2) is 0 Å². The predicted molar refractivity (Wildman–Crippen MR) is 61.0 cm³/mol. The fourth-order valence-electron chi connectivity index (χ4n) is 2.30. The fraction of sp³-hybridized carbons (Fsp3) is 0.833. The number of carbonyl (C=O) groups is 2. The minimum absolute atomic E-state index is 0.0935. The van der Waals surface area contributed by atoms with E-state index in [1.54, 1.807) is 0 Å². The number of amides is 1. The minimum Gasteiger partial charge on any atom is -0.481 e. The van der Waals surface area contributed by atoms with Gasteiger partial charge in [-0.25, -0.2) is 0 Å². The Bertz CT molecular complexity index is 263. The maximum Gasteiger partial charge on any atom is 0.303 e. The first kappa shape index (κ1) is 13.0. The van der Waals surface area contributed by atoms with Crippen molar-refractivity contribution in [3.05, 3.63) is 0 Å². The summed E-state index contributed by atoms with van der Waals surface area (Å²) in [6, 6.07) is 0.190. The molecule has 0 bridgehead atoms. The molecule has 0 aromatic rings. The first-order chi connectivity index (χ1) is 7.47. The molecule has 0 spiro atoms. The Hall–Kier alpha value is -1.06. The van der Waals surface area contributed by atoms with Gasteiger partial charge in [0.05, 0.1) is 0 Å². The van der Waals surface area contributed by atoms with Crippen molar-refractivity contribution < 1.29 is 14.7 Å². The quantitative estimate of drug-likeness (QED) is 0.752. The van der Waals surface area contributed by atoms with Crippen LogP contribution in [0.5, 0.6) is 0 Å². The minimum atomic E-state index is -0.737. The number of carboxylic acid groups (broad SMARTS) is 1. The molecule has 16 heavy (non-hydrogen) atoms. The molecule has 1 aliphatic carbocycles. The van der Waals surface area contributed by atoms with Gasteiger partial charge in [0.1, 0.15) is 0 Å². The number of hydrogen-bond acceptors (Lipinski definition) is 2. The lowest BCUT2D eigenvalue weighted by Crippen LogP contribution is -2.33. The van der Waals surface area contributed by atoms with Crippen LogP contribution in [-0.4, -0.2) is 23.0 Å². The summed E-state index contributed by atoms with van der Waals surface area (Å²) >= 11 is 0. The van der Waals surface area contributed by atoms with Crippen LogP contribution in [-0.2, 0) is 9.59 Å². The second-order valence-electron chi connectivity index (χ2n) is 5.14. The predicted octanol–water partition coefficient (Wildman–Crippen LogP) is 1.79. The lowest BCUT2D eigenvalue weighted by molar-refractivity contribution is -0.138. The van der Waals surface area contributed by atoms with Crippen molar-refractivity contribution >= 4 is 11.9 Å². The largest absolute Gasteiger partial charge is 0.481 e. The van der Waals surface area contributed by atoms with Gasteiger partial charge in [-0.3, -0.25) is 9.59 Å². The highest BCUT2D eigenvalue weighted by atomic mass is 16.4. The number of carboxylic acids is 1. The molecule has 2 unspecified atom stereocenters. The van der Waals surface area contributed by atoms with E-state index in [0.29, 0.717) is 12.3 Å². The molecule has 4 heteroatoms. The number of carbonyl (C=O) groups excluding carboxylic acids is 1. The average Bonchev–Trinajstić information content (AvgIpc) is 2.49. The highest BCUT2D eigenvalue weighted by Crippen LogP contribution is 2.28. The normalized spacial score (nSPS) is 24.7. The van der Waals surface area contributed by atoms with E-state index in [9.17, 15) is 9.59 Å². The summed E-state index contributed by atoms with van der Waals surface area (Å²) < 4.78 is 0. The van der Waals surface area contributed by atoms with Gasteiger partial charge in [-0.2, -0.15) is 0 Å². The molecule has 1 amide bonds. The van der Waals surface area contributed by atoms with Gasteiger partial charge in [0.25, 0.3) is 0 Å². The van der Waals surface area contributed by atoms with E-state index < -0.39 is 5.97 Å². The van der Waals surface area contributed by atoms with Gasteiger partial charge in [-0.15, -0.1) is 0 Å². The second kappa shape index (κ2) is 5.87. The topological polar surface area (TPSA) is 66.4 Å². The Morgan fingerprint density at radius 2 is 2.06 bits per heavy atom. The summed E-state index contributed by atoms with van der Waals surface area (Å²) in [5.41, 5.74) is 0. The van der Waals surface area contributed by atoms with E-state index in [4.69, 9.17) is 5.11 Å². The summed E-state index contributed by atoms with van der Waals surface area (Å²) in [5, 5.41) is 11.7. The third-order valence-electron chi connectivity index (χ3n) is 2.96. The highest BCUT2D eigenvalue weighted by molar-refractivity contribution is 5.76. The van der Waals surface area contributed by atoms with E-state index in [0.717, 1.165) is 19.3 Å². The van der Waals surface area contributed by atoms with Gasteiger partial charge < -0.3 is 10.4 Å². The molecule has 2 N–H and O–H groups in total. The maximum absolute atomic E-state index is 11.5. The van der Waals surface area contributed by atoms with Crippen LogP contribution in [0, 0.1) is 11.8 Å². The van der Waals surface area contributed by atoms with Crippen LogP contribution < -0.4 is 5.32 Å². The van der Waals surface area contributed by atoms with E-state index in [-0.39, 0.29) is 24.3 Å². The van der Waals surface area contributed by atoms with Gasteiger partial charge >= 0.3 is 5.97 Å². The molecule has 0 radical (unpaired) electrons. The van der Waals surface area contributed by atoms with Crippen LogP contribution in [0.4, 0.5) is 0 Å². The molecule has 0 aromatic heterocycles. The molecule has 0 heterocycles. The second-order valence-corrected chi connectivity index (χ2v) is 5.14. The SMILES string of the molecule is CC(C)CC(=O)NC1CCC(CC(=O)O)C1. The number of aliphatic carboxylic acids is 1. The van der Waals surface area contributed by atoms with E-state index in [2.05, 4.69) is 5.32 Å². The van der Waals surface area contributed by atoms with Crippen molar-refractivity contribution in [3.8, 4) is 0 Å². The zero-order chi connectivity index (χ0) is 12.1. The van der Waals surface area contributed by atoms with Crippen molar-refractivity contribution in [2.24, 2.45) is 11.8 Å². The van der Waals surface area contributed by atoms with Gasteiger partial charge in [-0.05, 0) is 31.1 Å². The van der Waals surface area contributed by atoms with Crippen molar-refractivity contribution in [3.63, 3.8) is 0 Å². The number of rotatable bonds is 5. The Kier molecular flexibility index (Phi) is 4.77. The monoisotopic (exact) mass is 227 g/mol. The Morgan fingerprint density at radius 1 is 1.38 bits per heavy atom. The Balaban J connectivity index is 2.25. The molecule has 2 atom stereocenters. The number of nitrogens with one attached hydrogen (secondary N) is 1. The van der Waals surface area contributed by atoms with Crippen molar-refractivity contribution in [2.75, 3.05) is 0 Å². The lowest BCUT2D eigenvalue weighted by Gasteiger charge is -2.13. The van der Waals surface area contributed by atoms with Crippen molar-refractivity contribution in [2.45, 2.75) is 52.0 Å². The van der Waals surface area contributed by atoms with Gasteiger partial charge in [0, 0.05) is 18.9 Å². The molecule has 0 aromatic carbocycles. The fourth-order valence-corrected chi connectivity index (χ4v) is 2.30. The summed E-state index contributed by atoms with van der Waals surface area (Å²) in [4.78, 5) is 22.1. The molecular formula is C12H21NO3. The van der Waals surface area contributed by atoms with E-state index in [1.165, 1.54) is 0 Å². The Labute approximate surface area is 96.4 Å². The first-order valence-corrected chi connectivity index (χ1v) is 5.98. The average molecular weight is 227 g/mol. The lowest BCUT2D eigenvalue weighted by atomic mass is 10.0. The van der Waals surface area contributed by atoms with Crippen LogP contribution in [0.3, 0.4) is 0 Å². The molecule has 1 aliphatic rings. The summed E-state index contributed by atoms with van der Waals surface area (Å²) in [6.45, 7) is 4.03. The highest BCUT2D eigenvalue weighted by Gasteiger charge is 2.27. The van der Waals surface area contributed by atoms with Crippen LogP contribution in [0.1, 0.15) is 46.0 Å². The standard InChI is InChI=1S/C12H21NO3/c1-8(2)5-11(14)13-10-4-3-9(6-10)7-12(15)16/h8-10H,3-7H2,1-2H3,(H,13,14)(H,15,16). The molecule has 1 rings (SSSR count). The summed E-state index contributed by atoms with van der Waals surface area (Å²) in [6.07, 6.45) is 3.44. The molecule has 1 saturated carbocycles. The van der Waals surface area contributed by atoms with E-state index >= 15 is 0 Å². The zero-order valence-electron chi connectivity index (χ0n) is 10.0. The van der Waals surface area contributed by atoms with Crippen LogP contribution in [0.25, 0.3) is 0 Å². The smallest absolute Gasteiger partial charge is 0.303 e. The molecule has 4 nitrogen and oxygen atoms in total. The Morgan fingerprint density at radius 3 is 2.62 bits per heavy atom. The van der Waals surface area contributed by atoms with Crippen molar-refractivity contribution in [1.29, 1.82) is 0 Å². The third kappa shape index (κ3) is 4.64. The molecule has 0 aliphatic heterocycles. The molecular weight excluding hydrogens is 206 g/mol.